The normalized spacial score (nSPS) is 11.4. The molecule has 4 rings (SSSR count). The van der Waals surface area contributed by atoms with Crippen LogP contribution in [0.3, 0.4) is 0 Å². The quantitative estimate of drug-likeness (QED) is 0.578. The Kier molecular flexibility index (Phi) is 4.54. The van der Waals surface area contributed by atoms with Crippen molar-refractivity contribution in [1.82, 2.24) is 24.7 Å². The number of rotatable bonds is 5. The van der Waals surface area contributed by atoms with Crippen LogP contribution in [-0.4, -0.2) is 24.7 Å². The van der Waals surface area contributed by atoms with E-state index in [1.54, 1.807) is 0 Å². The minimum Gasteiger partial charge on any atom is -0.368 e. The van der Waals surface area contributed by atoms with Crippen molar-refractivity contribution in [2.75, 3.05) is 5.73 Å². The Hall–Kier alpha value is -3.28. The van der Waals surface area contributed by atoms with Crippen molar-refractivity contribution >= 4 is 17.0 Å². The minimum atomic E-state index is 0.248. The molecule has 0 bridgehead atoms. The van der Waals surface area contributed by atoms with Gasteiger partial charge in [0.15, 0.2) is 0 Å². The van der Waals surface area contributed by atoms with Crippen LogP contribution in [0.1, 0.15) is 20.3 Å². The van der Waals surface area contributed by atoms with Gasteiger partial charge in [-0.05, 0) is 24.5 Å². The summed E-state index contributed by atoms with van der Waals surface area (Å²) in [5, 5.41) is 4.46. The van der Waals surface area contributed by atoms with Crippen molar-refractivity contribution in [3.05, 3.63) is 54.9 Å². The smallest absolute Gasteiger partial charge is 0.221 e. The van der Waals surface area contributed by atoms with Gasteiger partial charge in [0.05, 0.1) is 17.4 Å². The molecular formula is C21H22N6. The first-order valence-electron chi connectivity index (χ1n) is 9.12. The van der Waals surface area contributed by atoms with Crippen LogP contribution in [0, 0.1) is 5.92 Å². The lowest BCUT2D eigenvalue weighted by Gasteiger charge is -2.07. The number of fused-ring (bicyclic) bond motifs is 1. The number of benzene rings is 1. The van der Waals surface area contributed by atoms with E-state index in [4.69, 9.17) is 10.7 Å². The zero-order chi connectivity index (χ0) is 18.8. The second-order valence-corrected chi connectivity index (χ2v) is 7.04. The van der Waals surface area contributed by atoms with E-state index in [1.165, 1.54) is 0 Å². The molecule has 0 aliphatic heterocycles. The maximum atomic E-state index is 5.91. The second kappa shape index (κ2) is 7.15. The van der Waals surface area contributed by atoms with Gasteiger partial charge in [-0.3, -0.25) is 4.68 Å². The van der Waals surface area contributed by atoms with Gasteiger partial charge in [0.1, 0.15) is 11.2 Å². The monoisotopic (exact) mass is 358 g/mol. The van der Waals surface area contributed by atoms with Crippen molar-refractivity contribution in [2.24, 2.45) is 5.92 Å². The highest BCUT2D eigenvalue weighted by Crippen LogP contribution is 2.28. The molecule has 0 radical (unpaired) electrons. The molecule has 6 heteroatoms. The molecule has 0 saturated carbocycles. The largest absolute Gasteiger partial charge is 0.368 e. The van der Waals surface area contributed by atoms with Crippen LogP contribution in [0.15, 0.2) is 54.9 Å². The van der Waals surface area contributed by atoms with Crippen molar-refractivity contribution in [3.8, 4) is 22.5 Å². The molecule has 6 nitrogen and oxygen atoms in total. The summed E-state index contributed by atoms with van der Waals surface area (Å²) in [6.07, 6.45) is 4.99. The first kappa shape index (κ1) is 17.1. The molecule has 0 atom stereocenters. The highest BCUT2D eigenvalue weighted by molar-refractivity contribution is 5.91. The molecule has 2 N–H and O–H groups in total. The van der Waals surface area contributed by atoms with E-state index in [1.807, 2.05) is 59.5 Å². The SMILES string of the molecule is CC(C)CCn1cc(-c2ccc3nc(N)nc(-c4ccccc4)c3n2)cn1. The summed E-state index contributed by atoms with van der Waals surface area (Å²) < 4.78 is 1.97. The fourth-order valence-electron chi connectivity index (χ4n) is 3.00. The Balaban J connectivity index is 1.77. The highest BCUT2D eigenvalue weighted by Gasteiger charge is 2.12. The van der Waals surface area contributed by atoms with Crippen molar-refractivity contribution in [3.63, 3.8) is 0 Å². The molecule has 0 fully saturated rings. The van der Waals surface area contributed by atoms with Crippen molar-refractivity contribution < 1.29 is 0 Å². The molecule has 4 aromatic rings. The summed E-state index contributed by atoms with van der Waals surface area (Å²) in [7, 11) is 0. The summed E-state index contributed by atoms with van der Waals surface area (Å²) >= 11 is 0. The van der Waals surface area contributed by atoms with E-state index in [9.17, 15) is 0 Å². The van der Waals surface area contributed by atoms with E-state index in [0.717, 1.165) is 46.5 Å². The number of nitrogen functional groups attached to an aromatic ring is 1. The van der Waals surface area contributed by atoms with E-state index in [0.29, 0.717) is 5.92 Å². The van der Waals surface area contributed by atoms with Crippen LogP contribution in [0.4, 0.5) is 5.95 Å². The molecule has 0 aliphatic rings. The summed E-state index contributed by atoms with van der Waals surface area (Å²) in [6, 6.07) is 13.8. The lowest BCUT2D eigenvalue weighted by Crippen LogP contribution is -2.01. The molecule has 0 unspecified atom stereocenters. The van der Waals surface area contributed by atoms with Crippen LogP contribution in [0.5, 0.6) is 0 Å². The van der Waals surface area contributed by atoms with Gasteiger partial charge in [0.2, 0.25) is 5.95 Å². The van der Waals surface area contributed by atoms with Gasteiger partial charge in [-0.25, -0.2) is 15.0 Å². The third kappa shape index (κ3) is 3.65. The molecule has 0 aliphatic carbocycles. The third-order valence-corrected chi connectivity index (χ3v) is 4.47. The number of pyridine rings is 1. The molecule has 3 aromatic heterocycles. The summed E-state index contributed by atoms with van der Waals surface area (Å²) in [6.45, 7) is 5.33. The van der Waals surface area contributed by atoms with Crippen molar-refractivity contribution in [1.29, 1.82) is 0 Å². The Labute approximate surface area is 158 Å². The first-order valence-corrected chi connectivity index (χ1v) is 9.12. The van der Waals surface area contributed by atoms with Crippen LogP contribution < -0.4 is 5.73 Å². The highest BCUT2D eigenvalue weighted by atomic mass is 15.3. The summed E-state index contributed by atoms with van der Waals surface area (Å²) in [5.41, 5.74) is 10.9. The molecule has 0 spiro atoms. The molecule has 0 amide bonds. The van der Waals surface area contributed by atoms with E-state index < -0.39 is 0 Å². The number of nitrogens with two attached hydrogens (primary N) is 1. The topological polar surface area (TPSA) is 82.5 Å². The number of aryl methyl sites for hydroxylation is 1. The van der Waals surface area contributed by atoms with Gasteiger partial charge in [0, 0.05) is 23.9 Å². The molecule has 136 valence electrons. The zero-order valence-corrected chi connectivity index (χ0v) is 15.5. The zero-order valence-electron chi connectivity index (χ0n) is 15.5. The second-order valence-electron chi connectivity index (χ2n) is 7.04. The average molecular weight is 358 g/mol. The van der Waals surface area contributed by atoms with Crippen LogP contribution in [-0.2, 0) is 6.54 Å². The fraction of sp³-hybridized carbons (Fsp3) is 0.238. The fourth-order valence-corrected chi connectivity index (χ4v) is 3.00. The maximum absolute atomic E-state index is 5.91. The maximum Gasteiger partial charge on any atom is 0.221 e. The Morgan fingerprint density at radius 2 is 1.78 bits per heavy atom. The Morgan fingerprint density at radius 3 is 2.56 bits per heavy atom. The van der Waals surface area contributed by atoms with Gasteiger partial charge in [-0.15, -0.1) is 0 Å². The Morgan fingerprint density at radius 1 is 0.963 bits per heavy atom. The summed E-state index contributed by atoms with van der Waals surface area (Å²) in [4.78, 5) is 13.6. The predicted molar refractivity (Wildman–Crippen MR) is 108 cm³/mol. The molecule has 1 aromatic carbocycles. The number of hydrogen-bond donors (Lipinski definition) is 1. The number of nitrogens with zero attached hydrogens (tertiary/aromatic N) is 5. The van der Waals surface area contributed by atoms with E-state index >= 15 is 0 Å². The minimum absolute atomic E-state index is 0.248. The van der Waals surface area contributed by atoms with Crippen molar-refractivity contribution in [2.45, 2.75) is 26.8 Å². The average Bonchev–Trinajstić information content (AvgIpc) is 3.15. The van der Waals surface area contributed by atoms with Gasteiger partial charge >= 0.3 is 0 Å². The van der Waals surface area contributed by atoms with Crippen LogP contribution in [0.2, 0.25) is 0 Å². The number of aromatic nitrogens is 5. The summed E-state index contributed by atoms with van der Waals surface area (Å²) in [5.74, 6) is 0.893. The van der Waals surface area contributed by atoms with Gasteiger partial charge in [-0.2, -0.15) is 5.10 Å². The van der Waals surface area contributed by atoms with Crippen LogP contribution >= 0.6 is 0 Å². The van der Waals surface area contributed by atoms with Gasteiger partial charge in [0.25, 0.3) is 0 Å². The Bertz CT molecular complexity index is 1070. The van der Waals surface area contributed by atoms with Gasteiger partial charge < -0.3 is 5.73 Å². The van der Waals surface area contributed by atoms with E-state index in [-0.39, 0.29) is 5.95 Å². The van der Waals surface area contributed by atoms with Gasteiger partial charge in [-0.1, -0.05) is 44.2 Å². The predicted octanol–water partition coefficient (Wildman–Crippen LogP) is 4.18. The molecular weight excluding hydrogens is 336 g/mol. The molecule has 0 saturated heterocycles. The third-order valence-electron chi connectivity index (χ3n) is 4.47. The first-order chi connectivity index (χ1) is 13.1. The number of hydrogen-bond acceptors (Lipinski definition) is 5. The standard InChI is InChI=1S/C21H22N6/c1-14(2)10-11-27-13-16(12-23-27)17-8-9-18-20(24-17)19(26-21(22)25-18)15-6-4-3-5-7-15/h3-9,12-14H,10-11H2,1-2H3,(H2,22,25,26). The lowest BCUT2D eigenvalue weighted by atomic mass is 10.1. The molecule has 3 heterocycles. The number of anilines is 1. The van der Waals surface area contributed by atoms with Crippen LogP contribution in [0.25, 0.3) is 33.5 Å². The molecule has 27 heavy (non-hydrogen) atoms. The van der Waals surface area contributed by atoms with E-state index in [2.05, 4.69) is 28.9 Å². The lowest BCUT2D eigenvalue weighted by molar-refractivity contribution is 0.487.